The van der Waals surface area contributed by atoms with Crippen LogP contribution in [-0.4, -0.2) is 35.5 Å². The normalized spacial score (nSPS) is 35.6. The van der Waals surface area contributed by atoms with Crippen LogP contribution in [0.1, 0.15) is 51.9 Å². The fourth-order valence-corrected chi connectivity index (χ4v) is 5.44. The third-order valence-corrected chi connectivity index (χ3v) is 5.89. The van der Waals surface area contributed by atoms with Gasteiger partial charge in [0.2, 0.25) is 11.8 Å². The maximum atomic E-state index is 12.2. The standard InChI is InChI=1S/C17H26N2O4/c1-10(16(22)23)19-15(21)9-18-14(20)8-17-5-11-2-12(6-17)4-13(3-11)7-17/h10-13H,2-9H2,1H3,(H,18,20)(H,19,21)(H,22,23)/t10-,11?,12?,13?,17?/m0/s1. The second-order valence-electron chi connectivity index (χ2n) is 8.00. The fourth-order valence-electron chi connectivity index (χ4n) is 5.44. The zero-order valence-corrected chi connectivity index (χ0v) is 13.6. The molecule has 0 heterocycles. The molecule has 23 heavy (non-hydrogen) atoms. The van der Waals surface area contributed by atoms with Gasteiger partial charge in [-0.1, -0.05) is 0 Å². The minimum atomic E-state index is -1.08. The molecule has 0 aliphatic heterocycles. The van der Waals surface area contributed by atoms with Crippen molar-refractivity contribution in [2.24, 2.45) is 23.2 Å². The van der Waals surface area contributed by atoms with Crippen LogP contribution in [-0.2, 0) is 14.4 Å². The largest absolute Gasteiger partial charge is 0.480 e. The molecular weight excluding hydrogens is 296 g/mol. The number of carbonyl (C=O) groups excluding carboxylic acids is 2. The van der Waals surface area contributed by atoms with Gasteiger partial charge in [-0.15, -0.1) is 0 Å². The van der Waals surface area contributed by atoms with Crippen molar-refractivity contribution >= 4 is 17.8 Å². The molecule has 4 bridgehead atoms. The van der Waals surface area contributed by atoms with Crippen LogP contribution in [0.5, 0.6) is 0 Å². The van der Waals surface area contributed by atoms with Gasteiger partial charge >= 0.3 is 5.97 Å². The van der Waals surface area contributed by atoms with Crippen molar-refractivity contribution < 1.29 is 19.5 Å². The molecule has 0 spiro atoms. The van der Waals surface area contributed by atoms with Crippen molar-refractivity contribution in [2.75, 3.05) is 6.54 Å². The Labute approximate surface area is 136 Å². The summed E-state index contributed by atoms with van der Waals surface area (Å²) in [7, 11) is 0. The number of carboxylic acids is 1. The molecular formula is C17H26N2O4. The highest BCUT2D eigenvalue weighted by molar-refractivity contribution is 5.87. The minimum absolute atomic E-state index is 0.0786. The van der Waals surface area contributed by atoms with E-state index in [0.29, 0.717) is 6.42 Å². The van der Waals surface area contributed by atoms with Gasteiger partial charge in [0.15, 0.2) is 0 Å². The van der Waals surface area contributed by atoms with Gasteiger partial charge in [0.1, 0.15) is 6.04 Å². The molecule has 0 unspecified atom stereocenters. The Morgan fingerprint density at radius 1 is 1.04 bits per heavy atom. The highest BCUT2D eigenvalue weighted by atomic mass is 16.4. The predicted octanol–water partition coefficient (Wildman–Crippen LogP) is 1.30. The molecule has 0 aromatic heterocycles. The number of nitrogens with one attached hydrogen (secondary N) is 2. The Kier molecular flexibility index (Phi) is 4.34. The number of rotatable bonds is 6. The second kappa shape index (κ2) is 6.13. The van der Waals surface area contributed by atoms with Gasteiger partial charge in [-0.25, -0.2) is 0 Å². The maximum absolute atomic E-state index is 12.2. The van der Waals surface area contributed by atoms with E-state index in [9.17, 15) is 14.4 Å². The lowest BCUT2D eigenvalue weighted by Gasteiger charge is -2.56. The van der Waals surface area contributed by atoms with Gasteiger partial charge in [0.05, 0.1) is 6.54 Å². The third kappa shape index (κ3) is 3.67. The highest BCUT2D eigenvalue weighted by Gasteiger charge is 2.51. The molecule has 6 nitrogen and oxygen atoms in total. The smallest absolute Gasteiger partial charge is 0.325 e. The first-order valence-corrected chi connectivity index (χ1v) is 8.64. The lowest BCUT2D eigenvalue weighted by molar-refractivity contribution is -0.141. The van der Waals surface area contributed by atoms with E-state index >= 15 is 0 Å². The molecule has 4 aliphatic carbocycles. The molecule has 0 aromatic carbocycles. The number of hydrogen-bond donors (Lipinski definition) is 3. The van der Waals surface area contributed by atoms with E-state index in [1.165, 1.54) is 26.2 Å². The Morgan fingerprint density at radius 2 is 1.57 bits per heavy atom. The number of hydrogen-bond acceptors (Lipinski definition) is 3. The molecule has 4 saturated carbocycles. The molecule has 0 aromatic rings. The van der Waals surface area contributed by atoms with Crippen LogP contribution in [0.3, 0.4) is 0 Å². The fraction of sp³-hybridized carbons (Fsp3) is 0.824. The van der Waals surface area contributed by atoms with E-state index < -0.39 is 17.9 Å². The Balaban J connectivity index is 1.46. The van der Waals surface area contributed by atoms with E-state index in [1.807, 2.05) is 0 Å². The maximum Gasteiger partial charge on any atom is 0.325 e. The van der Waals surface area contributed by atoms with E-state index in [4.69, 9.17) is 5.11 Å². The lowest BCUT2D eigenvalue weighted by Crippen LogP contribution is -2.49. The van der Waals surface area contributed by atoms with Gasteiger partial charge in [-0.3, -0.25) is 14.4 Å². The van der Waals surface area contributed by atoms with E-state index in [-0.39, 0.29) is 17.9 Å². The number of carboxylic acid groups (broad SMARTS) is 1. The van der Waals surface area contributed by atoms with Crippen molar-refractivity contribution in [1.29, 1.82) is 0 Å². The average Bonchev–Trinajstić information content (AvgIpc) is 2.43. The summed E-state index contributed by atoms with van der Waals surface area (Å²) in [6.45, 7) is 1.25. The summed E-state index contributed by atoms with van der Waals surface area (Å²) in [6, 6.07) is -0.942. The molecule has 2 amide bonds. The zero-order chi connectivity index (χ0) is 16.6. The van der Waals surface area contributed by atoms with Crippen LogP contribution in [0.2, 0.25) is 0 Å². The van der Waals surface area contributed by atoms with Gasteiger partial charge in [-0.05, 0) is 68.6 Å². The van der Waals surface area contributed by atoms with Crippen LogP contribution in [0, 0.1) is 23.2 Å². The second-order valence-corrected chi connectivity index (χ2v) is 8.00. The highest BCUT2D eigenvalue weighted by Crippen LogP contribution is 2.61. The first kappa shape index (κ1) is 16.3. The van der Waals surface area contributed by atoms with Crippen molar-refractivity contribution in [3.8, 4) is 0 Å². The average molecular weight is 322 g/mol. The van der Waals surface area contributed by atoms with Gasteiger partial charge in [0, 0.05) is 6.42 Å². The molecule has 6 heteroatoms. The summed E-state index contributed by atoms with van der Waals surface area (Å²) < 4.78 is 0. The van der Waals surface area contributed by atoms with Gasteiger partial charge < -0.3 is 15.7 Å². The SMILES string of the molecule is C[C@H](NC(=O)CNC(=O)CC12CC3CC(CC(C3)C1)C2)C(=O)O. The third-order valence-electron chi connectivity index (χ3n) is 5.89. The summed E-state index contributed by atoms with van der Waals surface area (Å²) in [4.78, 5) is 34.6. The van der Waals surface area contributed by atoms with Gasteiger partial charge in [-0.2, -0.15) is 0 Å². The topological polar surface area (TPSA) is 95.5 Å². The molecule has 4 fully saturated rings. The van der Waals surface area contributed by atoms with Crippen molar-refractivity contribution in [1.82, 2.24) is 10.6 Å². The van der Waals surface area contributed by atoms with Crippen LogP contribution in [0.15, 0.2) is 0 Å². The summed E-state index contributed by atoms with van der Waals surface area (Å²) in [5.74, 6) is 0.776. The summed E-state index contributed by atoms with van der Waals surface area (Å²) in [6.07, 6.45) is 8.03. The lowest BCUT2D eigenvalue weighted by atomic mass is 9.49. The molecule has 4 aliphatic rings. The molecule has 3 N–H and O–H groups in total. The van der Waals surface area contributed by atoms with Crippen LogP contribution in [0.4, 0.5) is 0 Å². The number of amides is 2. The summed E-state index contributed by atoms with van der Waals surface area (Å²) >= 11 is 0. The monoisotopic (exact) mass is 322 g/mol. The summed E-state index contributed by atoms with van der Waals surface area (Å²) in [5, 5.41) is 13.7. The molecule has 0 saturated heterocycles. The van der Waals surface area contributed by atoms with E-state index in [0.717, 1.165) is 37.0 Å². The van der Waals surface area contributed by atoms with Gasteiger partial charge in [0.25, 0.3) is 0 Å². The Hall–Kier alpha value is -1.59. The summed E-state index contributed by atoms with van der Waals surface area (Å²) in [5.41, 5.74) is 0.156. The molecule has 1 atom stereocenters. The Morgan fingerprint density at radius 3 is 2.04 bits per heavy atom. The molecule has 0 radical (unpaired) electrons. The van der Waals surface area contributed by atoms with Crippen LogP contribution in [0.25, 0.3) is 0 Å². The van der Waals surface area contributed by atoms with Crippen molar-refractivity contribution in [2.45, 2.75) is 57.9 Å². The van der Waals surface area contributed by atoms with Crippen molar-refractivity contribution in [3.63, 3.8) is 0 Å². The van der Waals surface area contributed by atoms with E-state index in [1.54, 1.807) is 0 Å². The van der Waals surface area contributed by atoms with Crippen molar-refractivity contribution in [3.05, 3.63) is 0 Å². The number of carbonyl (C=O) groups is 3. The first-order chi connectivity index (χ1) is 10.8. The number of aliphatic carboxylic acids is 1. The van der Waals surface area contributed by atoms with Crippen LogP contribution < -0.4 is 10.6 Å². The minimum Gasteiger partial charge on any atom is -0.480 e. The first-order valence-electron chi connectivity index (χ1n) is 8.64. The van der Waals surface area contributed by atoms with Crippen LogP contribution >= 0.6 is 0 Å². The van der Waals surface area contributed by atoms with E-state index in [2.05, 4.69) is 10.6 Å². The molecule has 128 valence electrons. The predicted molar refractivity (Wildman–Crippen MR) is 83.5 cm³/mol. The molecule has 4 rings (SSSR count). The quantitative estimate of drug-likeness (QED) is 0.687. The zero-order valence-electron chi connectivity index (χ0n) is 13.6. The Bertz CT molecular complexity index is 481.